The van der Waals surface area contributed by atoms with Crippen LogP contribution in [0.15, 0.2) is 60.9 Å². The number of nitrogens with one attached hydrogen (secondary N) is 2. The molecule has 1 aliphatic heterocycles. The zero-order chi connectivity index (χ0) is 22.3. The van der Waals surface area contributed by atoms with Crippen LogP contribution in [0.4, 0.5) is 16.0 Å². The molecule has 2 amide bonds. The van der Waals surface area contributed by atoms with Gasteiger partial charge in [0.15, 0.2) is 0 Å². The monoisotopic (exact) mass is 433 g/mol. The second-order valence-corrected chi connectivity index (χ2v) is 7.57. The van der Waals surface area contributed by atoms with Crippen molar-refractivity contribution in [2.45, 2.75) is 25.8 Å². The van der Waals surface area contributed by atoms with E-state index in [0.717, 1.165) is 17.5 Å². The highest BCUT2D eigenvalue weighted by molar-refractivity contribution is 6.00. The molecular weight excluding hydrogens is 409 g/mol. The van der Waals surface area contributed by atoms with Crippen molar-refractivity contribution in [1.82, 2.24) is 15.3 Å². The second-order valence-electron chi connectivity index (χ2n) is 7.57. The van der Waals surface area contributed by atoms with Crippen molar-refractivity contribution in [1.29, 1.82) is 0 Å². The molecule has 1 saturated heterocycles. The van der Waals surface area contributed by atoms with Gasteiger partial charge >= 0.3 is 0 Å². The minimum absolute atomic E-state index is 0.0250. The molecule has 0 radical (unpaired) electrons. The molecule has 7 nitrogen and oxygen atoms in total. The third-order valence-electron chi connectivity index (χ3n) is 5.25. The maximum atomic E-state index is 13.4. The predicted molar refractivity (Wildman–Crippen MR) is 120 cm³/mol. The van der Waals surface area contributed by atoms with Gasteiger partial charge in [-0.2, -0.15) is 0 Å². The highest BCUT2D eigenvalue weighted by Crippen LogP contribution is 2.23. The lowest BCUT2D eigenvalue weighted by Crippen LogP contribution is -2.27. The Balaban J connectivity index is 1.51. The molecular formula is C24H24FN5O2. The zero-order valence-corrected chi connectivity index (χ0v) is 17.6. The van der Waals surface area contributed by atoms with Crippen LogP contribution >= 0.6 is 0 Å². The lowest BCUT2D eigenvalue weighted by atomic mass is 10.1. The van der Waals surface area contributed by atoms with E-state index in [9.17, 15) is 14.0 Å². The number of carbonyl (C=O) groups is 2. The van der Waals surface area contributed by atoms with Crippen molar-refractivity contribution in [3.63, 3.8) is 0 Å². The molecule has 3 heterocycles. The number of rotatable bonds is 8. The van der Waals surface area contributed by atoms with Gasteiger partial charge in [-0.15, -0.1) is 0 Å². The fourth-order valence-electron chi connectivity index (χ4n) is 3.61. The van der Waals surface area contributed by atoms with E-state index < -0.39 is 0 Å². The molecule has 0 atom stereocenters. The first-order chi connectivity index (χ1) is 15.6. The average Bonchev–Trinajstić information content (AvgIpc) is 3.24. The fourth-order valence-corrected chi connectivity index (χ4v) is 3.61. The number of hydrogen-bond donors (Lipinski definition) is 2. The summed E-state index contributed by atoms with van der Waals surface area (Å²) in [6, 6.07) is 13.5. The summed E-state index contributed by atoms with van der Waals surface area (Å²) in [5, 5.41) is 6.07. The molecule has 1 aliphatic rings. The molecule has 164 valence electrons. The molecule has 0 aliphatic carbocycles. The smallest absolute Gasteiger partial charge is 0.255 e. The SMILES string of the molecule is O=C(NCc1cccnc1)c1ccc(N2CCCC2=O)nc1NCCc1cccc(F)c1. The van der Waals surface area contributed by atoms with Crippen LogP contribution in [0.2, 0.25) is 0 Å². The fraction of sp³-hybridized carbons (Fsp3) is 0.250. The van der Waals surface area contributed by atoms with Gasteiger partial charge in [-0.3, -0.25) is 19.5 Å². The van der Waals surface area contributed by atoms with Crippen molar-refractivity contribution < 1.29 is 14.0 Å². The average molecular weight is 433 g/mol. The van der Waals surface area contributed by atoms with Gasteiger partial charge in [-0.1, -0.05) is 18.2 Å². The summed E-state index contributed by atoms with van der Waals surface area (Å²) in [6.07, 6.45) is 5.21. The van der Waals surface area contributed by atoms with Crippen LogP contribution in [-0.2, 0) is 17.8 Å². The van der Waals surface area contributed by atoms with Crippen LogP contribution in [0.3, 0.4) is 0 Å². The first-order valence-corrected chi connectivity index (χ1v) is 10.6. The number of halogens is 1. The standard InChI is InChI=1S/C24H24FN5O2/c25-19-6-1-4-17(14-19)10-12-27-23-20(24(32)28-16-18-5-2-11-26-15-18)8-9-21(29-23)30-13-3-7-22(30)31/h1-2,4-6,8-9,11,14-15H,3,7,10,12-13,16H2,(H,27,29)(H,28,32). The quantitative estimate of drug-likeness (QED) is 0.569. The Morgan fingerprint density at radius 1 is 1.12 bits per heavy atom. The van der Waals surface area contributed by atoms with E-state index in [2.05, 4.69) is 20.6 Å². The number of aromatic nitrogens is 2. The molecule has 1 fully saturated rings. The summed E-state index contributed by atoms with van der Waals surface area (Å²) in [7, 11) is 0. The Labute approximate surface area is 185 Å². The van der Waals surface area contributed by atoms with Crippen molar-refractivity contribution >= 4 is 23.5 Å². The Bertz CT molecular complexity index is 1110. The van der Waals surface area contributed by atoms with Crippen molar-refractivity contribution in [2.24, 2.45) is 0 Å². The molecule has 1 aromatic carbocycles. The molecule has 4 rings (SSSR count). The summed E-state index contributed by atoms with van der Waals surface area (Å²) in [6.45, 7) is 1.40. The largest absolute Gasteiger partial charge is 0.369 e. The van der Waals surface area contributed by atoms with Gasteiger partial charge in [0.1, 0.15) is 17.5 Å². The Morgan fingerprint density at radius 3 is 2.75 bits per heavy atom. The predicted octanol–water partition coefficient (Wildman–Crippen LogP) is 3.33. The number of anilines is 2. The molecule has 2 N–H and O–H groups in total. The van der Waals surface area contributed by atoms with E-state index in [1.807, 2.05) is 18.2 Å². The van der Waals surface area contributed by atoms with E-state index in [4.69, 9.17) is 0 Å². The second kappa shape index (κ2) is 10.00. The lowest BCUT2D eigenvalue weighted by molar-refractivity contribution is -0.117. The Kier molecular flexibility index (Phi) is 6.69. The van der Waals surface area contributed by atoms with Crippen molar-refractivity contribution in [3.8, 4) is 0 Å². The van der Waals surface area contributed by atoms with E-state index >= 15 is 0 Å². The number of pyridine rings is 2. The van der Waals surface area contributed by atoms with E-state index in [-0.39, 0.29) is 17.6 Å². The maximum Gasteiger partial charge on any atom is 0.255 e. The molecule has 0 unspecified atom stereocenters. The Morgan fingerprint density at radius 2 is 2.00 bits per heavy atom. The first kappa shape index (κ1) is 21.4. The molecule has 8 heteroatoms. The first-order valence-electron chi connectivity index (χ1n) is 10.6. The molecule has 0 spiro atoms. The summed E-state index contributed by atoms with van der Waals surface area (Å²) in [5.74, 6) is 0.364. The van der Waals surface area contributed by atoms with E-state index in [0.29, 0.717) is 49.7 Å². The summed E-state index contributed by atoms with van der Waals surface area (Å²) in [4.78, 5) is 35.3. The van der Waals surface area contributed by atoms with Crippen LogP contribution in [0.1, 0.15) is 34.3 Å². The summed E-state index contributed by atoms with van der Waals surface area (Å²) in [5.41, 5.74) is 2.10. The van der Waals surface area contributed by atoms with Gasteiger partial charge in [0, 0.05) is 38.4 Å². The van der Waals surface area contributed by atoms with Crippen molar-refractivity contribution in [2.75, 3.05) is 23.3 Å². The summed E-state index contributed by atoms with van der Waals surface area (Å²) >= 11 is 0. The maximum absolute atomic E-state index is 13.4. The molecule has 3 aromatic rings. The minimum Gasteiger partial charge on any atom is -0.369 e. The minimum atomic E-state index is -0.286. The molecule has 32 heavy (non-hydrogen) atoms. The van der Waals surface area contributed by atoms with Crippen LogP contribution in [0.5, 0.6) is 0 Å². The number of nitrogens with zero attached hydrogens (tertiary/aromatic N) is 3. The van der Waals surface area contributed by atoms with Gasteiger partial charge in [0.05, 0.1) is 5.56 Å². The van der Waals surface area contributed by atoms with Gasteiger partial charge in [0.25, 0.3) is 5.91 Å². The topological polar surface area (TPSA) is 87.2 Å². The third-order valence-corrected chi connectivity index (χ3v) is 5.25. The van der Waals surface area contributed by atoms with E-state index in [1.165, 1.54) is 12.1 Å². The van der Waals surface area contributed by atoms with Gasteiger partial charge in [-0.25, -0.2) is 9.37 Å². The van der Waals surface area contributed by atoms with Gasteiger partial charge in [-0.05, 0) is 54.3 Å². The highest BCUT2D eigenvalue weighted by Gasteiger charge is 2.24. The number of amides is 2. The Hall–Kier alpha value is -3.81. The van der Waals surface area contributed by atoms with Crippen molar-refractivity contribution in [3.05, 3.63) is 83.4 Å². The lowest BCUT2D eigenvalue weighted by Gasteiger charge is -2.18. The molecule has 2 aromatic heterocycles. The van der Waals surface area contributed by atoms with E-state index in [1.54, 1.807) is 35.5 Å². The number of hydrogen-bond acceptors (Lipinski definition) is 5. The molecule has 0 saturated carbocycles. The number of carbonyl (C=O) groups excluding carboxylic acids is 2. The van der Waals surface area contributed by atoms with Crippen LogP contribution in [-0.4, -0.2) is 34.9 Å². The van der Waals surface area contributed by atoms with Gasteiger partial charge < -0.3 is 10.6 Å². The zero-order valence-electron chi connectivity index (χ0n) is 17.6. The molecule has 0 bridgehead atoms. The van der Waals surface area contributed by atoms with Crippen LogP contribution in [0, 0.1) is 5.82 Å². The normalized spacial score (nSPS) is 13.3. The number of benzene rings is 1. The van der Waals surface area contributed by atoms with Crippen LogP contribution < -0.4 is 15.5 Å². The van der Waals surface area contributed by atoms with Crippen LogP contribution in [0.25, 0.3) is 0 Å². The highest BCUT2D eigenvalue weighted by atomic mass is 19.1. The summed E-state index contributed by atoms with van der Waals surface area (Å²) < 4.78 is 13.4. The van der Waals surface area contributed by atoms with Gasteiger partial charge in [0.2, 0.25) is 5.91 Å². The third kappa shape index (κ3) is 5.26.